The number of methoxy groups -OCH3 is 1. The van der Waals surface area contributed by atoms with Crippen LogP contribution in [0.25, 0.3) is 0 Å². The van der Waals surface area contributed by atoms with Gasteiger partial charge in [0.2, 0.25) is 5.91 Å². The number of hydrogen-bond acceptors (Lipinski definition) is 4. The van der Waals surface area contributed by atoms with Gasteiger partial charge in [0.05, 0.1) is 19.8 Å². The van der Waals surface area contributed by atoms with E-state index in [1.165, 1.54) is 0 Å². The second kappa shape index (κ2) is 8.87. The Kier molecular flexibility index (Phi) is 7.50. The number of hydrogen-bond donors (Lipinski definition) is 2. The molecule has 1 amide bonds. The fraction of sp³-hybridized carbons (Fsp3) is 0.533. The van der Waals surface area contributed by atoms with Crippen molar-refractivity contribution < 1.29 is 14.3 Å². The van der Waals surface area contributed by atoms with Crippen LogP contribution in [0.5, 0.6) is 5.75 Å². The first kappa shape index (κ1) is 17.8. The number of rotatable bonds is 5. The highest BCUT2D eigenvalue weighted by Gasteiger charge is 2.27. The predicted octanol–water partition coefficient (Wildman–Crippen LogP) is 1.15. The number of amides is 1. The van der Waals surface area contributed by atoms with Crippen molar-refractivity contribution in [1.82, 2.24) is 10.6 Å². The topological polar surface area (TPSA) is 59.6 Å². The normalized spacial score (nSPS) is 21.2. The van der Waals surface area contributed by atoms with Gasteiger partial charge in [0.1, 0.15) is 11.8 Å². The lowest BCUT2D eigenvalue weighted by Gasteiger charge is -2.29. The number of carbonyl (C=O) groups is 1. The lowest BCUT2D eigenvalue weighted by atomic mass is 10.1. The van der Waals surface area contributed by atoms with Gasteiger partial charge in [0, 0.05) is 13.1 Å². The van der Waals surface area contributed by atoms with Crippen LogP contribution in [0.15, 0.2) is 24.3 Å². The second-order valence-corrected chi connectivity index (χ2v) is 4.90. The molecule has 0 unspecified atom stereocenters. The van der Waals surface area contributed by atoms with E-state index in [2.05, 4.69) is 10.6 Å². The van der Waals surface area contributed by atoms with Crippen molar-refractivity contribution in [2.45, 2.75) is 25.5 Å². The Balaban J connectivity index is 0.00000220. The zero-order valence-electron chi connectivity index (χ0n) is 12.4. The Morgan fingerprint density at radius 1 is 1.52 bits per heavy atom. The smallest absolute Gasteiger partial charge is 0.239 e. The molecule has 2 N–H and O–H groups in total. The summed E-state index contributed by atoms with van der Waals surface area (Å²) in [7, 11) is 1.65. The Morgan fingerprint density at radius 2 is 2.33 bits per heavy atom. The molecule has 1 aromatic carbocycles. The summed E-state index contributed by atoms with van der Waals surface area (Å²) in [6.45, 7) is 3.91. The Bertz CT molecular complexity index is 456. The molecular weight excluding hydrogens is 292 g/mol. The summed E-state index contributed by atoms with van der Waals surface area (Å²) in [5, 5.41) is 6.13. The molecule has 1 aromatic rings. The number of halogens is 1. The van der Waals surface area contributed by atoms with Gasteiger partial charge in [-0.2, -0.15) is 0 Å². The van der Waals surface area contributed by atoms with Crippen LogP contribution in [0.1, 0.15) is 12.5 Å². The molecule has 2 rings (SSSR count). The molecule has 2 atom stereocenters. The molecule has 0 radical (unpaired) electrons. The van der Waals surface area contributed by atoms with E-state index < -0.39 is 0 Å². The molecule has 118 valence electrons. The van der Waals surface area contributed by atoms with E-state index >= 15 is 0 Å². The van der Waals surface area contributed by atoms with Gasteiger partial charge in [-0.25, -0.2) is 0 Å². The first-order chi connectivity index (χ1) is 9.70. The van der Waals surface area contributed by atoms with E-state index in [1.807, 2.05) is 31.2 Å². The van der Waals surface area contributed by atoms with Crippen molar-refractivity contribution in [1.29, 1.82) is 0 Å². The predicted molar refractivity (Wildman–Crippen MR) is 84.2 cm³/mol. The maximum absolute atomic E-state index is 12.0. The fourth-order valence-corrected chi connectivity index (χ4v) is 2.30. The van der Waals surface area contributed by atoms with Crippen LogP contribution < -0.4 is 15.4 Å². The van der Waals surface area contributed by atoms with Crippen molar-refractivity contribution in [3.05, 3.63) is 29.8 Å². The van der Waals surface area contributed by atoms with Crippen LogP contribution >= 0.6 is 12.4 Å². The molecule has 1 aliphatic heterocycles. The van der Waals surface area contributed by atoms with Crippen molar-refractivity contribution in [3.63, 3.8) is 0 Å². The minimum absolute atomic E-state index is 0. The summed E-state index contributed by atoms with van der Waals surface area (Å²) in [5.74, 6) is 0.838. The second-order valence-electron chi connectivity index (χ2n) is 4.90. The maximum Gasteiger partial charge on any atom is 0.239 e. The maximum atomic E-state index is 12.0. The van der Waals surface area contributed by atoms with Gasteiger partial charge in [-0.3, -0.25) is 4.79 Å². The number of ether oxygens (including phenoxy) is 2. The summed E-state index contributed by atoms with van der Waals surface area (Å²) < 4.78 is 10.6. The van der Waals surface area contributed by atoms with Crippen LogP contribution in [0.2, 0.25) is 0 Å². The van der Waals surface area contributed by atoms with Crippen LogP contribution in [0.3, 0.4) is 0 Å². The first-order valence-electron chi connectivity index (χ1n) is 6.96. The monoisotopic (exact) mass is 314 g/mol. The minimum Gasteiger partial charge on any atom is -0.497 e. The largest absolute Gasteiger partial charge is 0.497 e. The molecular formula is C15H23ClN2O3. The minimum atomic E-state index is -0.256. The Labute approximate surface area is 131 Å². The van der Waals surface area contributed by atoms with Gasteiger partial charge in [-0.1, -0.05) is 12.1 Å². The van der Waals surface area contributed by atoms with Gasteiger partial charge < -0.3 is 20.1 Å². The molecule has 1 aliphatic rings. The summed E-state index contributed by atoms with van der Waals surface area (Å²) in [6.07, 6.45) is 0.700. The van der Waals surface area contributed by atoms with Crippen LogP contribution in [-0.2, 0) is 16.0 Å². The molecule has 0 bridgehead atoms. The van der Waals surface area contributed by atoms with Crippen molar-refractivity contribution in [2.75, 3.05) is 26.8 Å². The van der Waals surface area contributed by atoms with Crippen LogP contribution in [0.4, 0.5) is 0 Å². The molecule has 1 heterocycles. The first-order valence-corrected chi connectivity index (χ1v) is 6.96. The van der Waals surface area contributed by atoms with E-state index in [1.54, 1.807) is 7.11 Å². The highest BCUT2D eigenvalue weighted by atomic mass is 35.5. The van der Waals surface area contributed by atoms with Crippen LogP contribution in [-0.4, -0.2) is 44.9 Å². The third-order valence-electron chi connectivity index (χ3n) is 3.45. The fourth-order valence-electron chi connectivity index (χ4n) is 2.30. The number of nitrogens with one attached hydrogen (secondary N) is 2. The zero-order valence-corrected chi connectivity index (χ0v) is 13.2. The standard InChI is InChI=1S/C15H22N2O3.ClH/c1-11-14(16-8-9-20-11)15(18)17-7-6-12-4-3-5-13(10-12)19-2;/h3-5,10-11,14,16H,6-9H2,1-2H3,(H,17,18);1H/t11-,14+;/m1./s1. The van der Waals surface area contributed by atoms with Gasteiger partial charge >= 0.3 is 0 Å². The number of morpholine rings is 1. The SMILES string of the molecule is COc1cccc(CCNC(=O)[C@H]2NCCO[C@@H]2C)c1.Cl. The third kappa shape index (κ3) is 5.19. The van der Waals surface area contributed by atoms with Crippen LogP contribution in [0, 0.1) is 0 Å². The van der Waals surface area contributed by atoms with Crippen molar-refractivity contribution >= 4 is 18.3 Å². The van der Waals surface area contributed by atoms with Crippen molar-refractivity contribution in [3.8, 4) is 5.75 Å². The molecule has 1 saturated heterocycles. The van der Waals surface area contributed by atoms with E-state index in [4.69, 9.17) is 9.47 Å². The van der Waals surface area contributed by atoms with E-state index in [0.717, 1.165) is 24.3 Å². The average Bonchev–Trinajstić information content (AvgIpc) is 2.48. The quantitative estimate of drug-likeness (QED) is 0.856. The van der Waals surface area contributed by atoms with Gasteiger partial charge in [0.25, 0.3) is 0 Å². The Hall–Kier alpha value is -1.30. The summed E-state index contributed by atoms with van der Waals surface area (Å²) in [4.78, 5) is 12.0. The lowest BCUT2D eigenvalue weighted by molar-refractivity contribution is -0.128. The highest BCUT2D eigenvalue weighted by Crippen LogP contribution is 2.12. The Morgan fingerprint density at radius 3 is 3.05 bits per heavy atom. The summed E-state index contributed by atoms with van der Waals surface area (Å²) in [6, 6.07) is 7.62. The number of benzene rings is 1. The highest BCUT2D eigenvalue weighted by molar-refractivity contribution is 5.85. The summed E-state index contributed by atoms with van der Waals surface area (Å²) >= 11 is 0. The third-order valence-corrected chi connectivity index (χ3v) is 3.45. The van der Waals surface area contributed by atoms with Gasteiger partial charge in [0.15, 0.2) is 0 Å². The average molecular weight is 315 g/mol. The molecule has 0 spiro atoms. The number of carbonyl (C=O) groups excluding carboxylic acids is 1. The van der Waals surface area contributed by atoms with Crippen molar-refractivity contribution in [2.24, 2.45) is 0 Å². The zero-order chi connectivity index (χ0) is 14.4. The molecule has 5 nitrogen and oxygen atoms in total. The molecule has 6 heteroatoms. The lowest BCUT2D eigenvalue weighted by Crippen LogP contribution is -2.55. The molecule has 0 saturated carbocycles. The molecule has 0 aromatic heterocycles. The molecule has 1 fully saturated rings. The summed E-state index contributed by atoms with van der Waals surface area (Å²) in [5.41, 5.74) is 1.14. The van der Waals surface area contributed by atoms with E-state index in [0.29, 0.717) is 13.2 Å². The van der Waals surface area contributed by atoms with E-state index in [-0.39, 0.29) is 30.5 Å². The molecule has 21 heavy (non-hydrogen) atoms. The van der Waals surface area contributed by atoms with Gasteiger partial charge in [-0.05, 0) is 31.0 Å². The van der Waals surface area contributed by atoms with Gasteiger partial charge in [-0.15, -0.1) is 12.4 Å². The molecule has 0 aliphatic carbocycles. The van der Waals surface area contributed by atoms with E-state index in [9.17, 15) is 4.79 Å².